The molecule has 0 spiro atoms. The lowest BCUT2D eigenvalue weighted by Crippen LogP contribution is -2.36. The maximum absolute atomic E-state index is 6.32. The van der Waals surface area contributed by atoms with Crippen LogP contribution in [-0.2, 0) is 10.0 Å². The molecule has 0 aliphatic carbocycles. The highest BCUT2D eigenvalue weighted by Gasteiger charge is 2.28. The van der Waals surface area contributed by atoms with E-state index in [1.807, 2.05) is 12.1 Å². The molecule has 3 nitrogen and oxygen atoms in total. The van der Waals surface area contributed by atoms with Crippen molar-refractivity contribution in [1.82, 2.24) is 4.98 Å². The van der Waals surface area contributed by atoms with Crippen LogP contribution < -0.4 is 5.73 Å². The summed E-state index contributed by atoms with van der Waals surface area (Å²) >= 11 is 0. The van der Waals surface area contributed by atoms with Gasteiger partial charge >= 0.3 is 0 Å². The van der Waals surface area contributed by atoms with Crippen molar-refractivity contribution >= 4 is 14.1 Å². The van der Waals surface area contributed by atoms with Gasteiger partial charge in [0.1, 0.15) is 5.82 Å². The molecule has 0 atom stereocenters. The van der Waals surface area contributed by atoms with Crippen LogP contribution in [0.3, 0.4) is 0 Å². The molecule has 4 heteroatoms. The van der Waals surface area contributed by atoms with Crippen molar-refractivity contribution < 1.29 is 4.43 Å². The first kappa shape index (κ1) is 15.7. The van der Waals surface area contributed by atoms with Crippen molar-refractivity contribution in [2.75, 3.05) is 5.73 Å². The number of anilines is 1. The Labute approximate surface area is 128 Å². The average molecular weight is 300 g/mol. The predicted molar refractivity (Wildman–Crippen MR) is 91.5 cm³/mol. The molecule has 2 rings (SSSR count). The number of hydrogen-bond donors (Lipinski definition) is 1. The molecule has 0 fully saturated rings. The third-order valence-corrected chi connectivity index (χ3v) is 4.36. The summed E-state index contributed by atoms with van der Waals surface area (Å²) in [6, 6.07) is 12.3. The zero-order valence-corrected chi connectivity index (χ0v) is 14.5. The highest BCUT2D eigenvalue weighted by Crippen LogP contribution is 2.31. The van der Waals surface area contributed by atoms with Gasteiger partial charge in [0.05, 0.1) is 5.60 Å². The first-order chi connectivity index (χ1) is 9.67. The Kier molecular flexibility index (Phi) is 4.21. The quantitative estimate of drug-likeness (QED) is 0.850. The Morgan fingerprint density at radius 2 is 1.76 bits per heavy atom. The Hall–Kier alpha value is -1.65. The Balaban J connectivity index is 2.35. The summed E-state index contributed by atoms with van der Waals surface area (Å²) in [5, 5.41) is 0. The van der Waals surface area contributed by atoms with E-state index >= 15 is 0 Å². The monoisotopic (exact) mass is 300 g/mol. The number of rotatable bonds is 4. The topological polar surface area (TPSA) is 48.1 Å². The van der Waals surface area contributed by atoms with Gasteiger partial charge in [-0.25, -0.2) is 4.98 Å². The van der Waals surface area contributed by atoms with Crippen LogP contribution >= 0.6 is 0 Å². The fourth-order valence-corrected chi connectivity index (χ4v) is 4.12. The molecule has 112 valence electrons. The van der Waals surface area contributed by atoms with Gasteiger partial charge in [-0.2, -0.15) is 0 Å². The Bertz CT molecular complexity index is 615. The van der Waals surface area contributed by atoms with Crippen LogP contribution in [0.25, 0.3) is 11.1 Å². The molecule has 0 amide bonds. The Morgan fingerprint density at radius 1 is 1.05 bits per heavy atom. The zero-order valence-electron chi connectivity index (χ0n) is 13.5. The molecule has 0 radical (unpaired) electrons. The minimum atomic E-state index is -1.61. The number of hydrogen-bond acceptors (Lipinski definition) is 3. The molecule has 21 heavy (non-hydrogen) atoms. The van der Waals surface area contributed by atoms with Gasteiger partial charge in [-0.1, -0.05) is 18.2 Å². The van der Waals surface area contributed by atoms with Gasteiger partial charge in [-0.3, -0.25) is 0 Å². The van der Waals surface area contributed by atoms with E-state index in [1.54, 1.807) is 6.20 Å². The SMILES string of the molecule is CC(C)(O[Si](C)(C)C)c1cccc(-c2ccc(N)nc2)c1. The lowest BCUT2D eigenvalue weighted by Gasteiger charge is -2.33. The summed E-state index contributed by atoms with van der Waals surface area (Å²) in [5.74, 6) is 0.539. The van der Waals surface area contributed by atoms with Crippen molar-refractivity contribution in [2.45, 2.75) is 39.1 Å². The predicted octanol–water partition coefficient (Wildman–Crippen LogP) is 4.42. The zero-order chi connectivity index (χ0) is 15.7. The minimum Gasteiger partial charge on any atom is -0.409 e. The molecule has 0 bridgehead atoms. The summed E-state index contributed by atoms with van der Waals surface area (Å²) in [7, 11) is -1.61. The second-order valence-corrected chi connectivity index (χ2v) is 11.2. The standard InChI is InChI=1S/C17H24N2OSi/c1-17(2,20-21(3,4)5)15-8-6-7-13(11-15)14-9-10-16(18)19-12-14/h6-12H,1-5H3,(H2,18,19). The second-order valence-electron chi connectivity index (χ2n) is 6.78. The molecule has 0 aliphatic heterocycles. The van der Waals surface area contributed by atoms with Crippen molar-refractivity contribution in [2.24, 2.45) is 0 Å². The van der Waals surface area contributed by atoms with Gasteiger partial charge in [0.15, 0.2) is 8.32 Å². The molecule has 2 N–H and O–H groups in total. The number of pyridine rings is 1. The number of nitrogens with zero attached hydrogens (tertiary/aromatic N) is 1. The van der Waals surface area contributed by atoms with E-state index in [0.717, 1.165) is 11.1 Å². The summed E-state index contributed by atoms with van der Waals surface area (Å²) in [6.07, 6.45) is 1.81. The fraction of sp³-hybridized carbons (Fsp3) is 0.353. The van der Waals surface area contributed by atoms with Crippen LogP contribution in [0, 0.1) is 0 Å². The van der Waals surface area contributed by atoms with E-state index in [0.29, 0.717) is 5.82 Å². The molecule has 0 unspecified atom stereocenters. The van der Waals surface area contributed by atoms with Gasteiger partial charge in [0.25, 0.3) is 0 Å². The highest BCUT2D eigenvalue weighted by atomic mass is 28.4. The normalized spacial score (nSPS) is 12.4. The molecule has 0 saturated carbocycles. The molecule has 0 aliphatic rings. The fourth-order valence-electron chi connectivity index (χ4n) is 2.47. The third-order valence-electron chi connectivity index (χ3n) is 3.24. The van der Waals surface area contributed by atoms with Crippen molar-refractivity contribution in [1.29, 1.82) is 0 Å². The van der Waals surface area contributed by atoms with Crippen molar-refractivity contribution in [3.63, 3.8) is 0 Å². The van der Waals surface area contributed by atoms with Crippen LogP contribution in [0.5, 0.6) is 0 Å². The van der Waals surface area contributed by atoms with E-state index in [2.05, 4.69) is 62.7 Å². The maximum Gasteiger partial charge on any atom is 0.184 e. The number of benzene rings is 1. The van der Waals surface area contributed by atoms with E-state index in [-0.39, 0.29) is 5.60 Å². The van der Waals surface area contributed by atoms with Crippen LogP contribution in [-0.4, -0.2) is 13.3 Å². The smallest absolute Gasteiger partial charge is 0.184 e. The van der Waals surface area contributed by atoms with Crippen LogP contribution in [0.15, 0.2) is 42.6 Å². The maximum atomic E-state index is 6.32. The second kappa shape index (κ2) is 5.62. The molecule has 0 saturated heterocycles. The van der Waals surface area contributed by atoms with Crippen molar-refractivity contribution in [3.05, 3.63) is 48.2 Å². The lowest BCUT2D eigenvalue weighted by atomic mass is 9.95. The molecular formula is C17H24N2OSi. The van der Waals surface area contributed by atoms with Crippen LogP contribution in [0.4, 0.5) is 5.82 Å². The summed E-state index contributed by atoms with van der Waals surface area (Å²) in [4.78, 5) is 4.16. The molecule has 1 aromatic carbocycles. The van der Waals surface area contributed by atoms with E-state index in [1.165, 1.54) is 5.56 Å². The molecular weight excluding hydrogens is 276 g/mol. The first-order valence-corrected chi connectivity index (χ1v) is 10.6. The summed E-state index contributed by atoms with van der Waals surface area (Å²) < 4.78 is 6.32. The third kappa shape index (κ3) is 4.16. The average Bonchev–Trinajstić information content (AvgIpc) is 2.37. The Morgan fingerprint density at radius 3 is 2.33 bits per heavy atom. The minimum absolute atomic E-state index is 0.290. The van der Waals surface area contributed by atoms with E-state index in [4.69, 9.17) is 10.2 Å². The number of nitrogen functional groups attached to an aromatic ring is 1. The first-order valence-electron chi connectivity index (χ1n) is 7.20. The largest absolute Gasteiger partial charge is 0.409 e. The van der Waals surface area contributed by atoms with Crippen LogP contribution in [0.2, 0.25) is 19.6 Å². The van der Waals surface area contributed by atoms with Crippen LogP contribution in [0.1, 0.15) is 19.4 Å². The molecule has 2 aromatic rings. The van der Waals surface area contributed by atoms with Gasteiger partial charge in [0, 0.05) is 11.8 Å². The molecule has 1 heterocycles. The lowest BCUT2D eigenvalue weighted by molar-refractivity contribution is 0.100. The van der Waals surface area contributed by atoms with E-state index < -0.39 is 8.32 Å². The van der Waals surface area contributed by atoms with E-state index in [9.17, 15) is 0 Å². The van der Waals surface area contributed by atoms with Crippen molar-refractivity contribution in [3.8, 4) is 11.1 Å². The van der Waals surface area contributed by atoms with Gasteiger partial charge in [0.2, 0.25) is 0 Å². The van der Waals surface area contributed by atoms with Gasteiger partial charge in [-0.05, 0) is 62.8 Å². The van der Waals surface area contributed by atoms with Gasteiger partial charge in [-0.15, -0.1) is 0 Å². The van der Waals surface area contributed by atoms with Gasteiger partial charge < -0.3 is 10.2 Å². The number of nitrogens with two attached hydrogens (primary N) is 1. The molecule has 1 aromatic heterocycles. The summed E-state index contributed by atoms with van der Waals surface area (Å²) in [5.41, 5.74) is 8.73. The highest BCUT2D eigenvalue weighted by molar-refractivity contribution is 6.69. The summed E-state index contributed by atoms with van der Waals surface area (Å²) in [6.45, 7) is 10.9. The number of aromatic nitrogens is 1.